The van der Waals surface area contributed by atoms with E-state index in [1.54, 1.807) is 0 Å². The molecule has 1 aromatic heterocycles. The van der Waals surface area contributed by atoms with Gasteiger partial charge in [-0.15, -0.1) is 0 Å². The summed E-state index contributed by atoms with van der Waals surface area (Å²) in [6.45, 7) is 12.6. The fourth-order valence-corrected chi connectivity index (χ4v) is 2.82. The summed E-state index contributed by atoms with van der Waals surface area (Å²) in [5.41, 5.74) is 3.43. The average Bonchev–Trinajstić information content (AvgIpc) is 3.11. The Labute approximate surface area is 150 Å². The average molecular weight is 343 g/mol. The van der Waals surface area contributed by atoms with Crippen molar-refractivity contribution in [3.05, 3.63) is 47.8 Å². The number of ether oxygens (including phenoxy) is 2. The predicted molar refractivity (Wildman–Crippen MR) is 99.2 cm³/mol. The minimum Gasteiger partial charge on any atom is -0.379 e. The number of nitrogens with zero attached hydrogens (tertiary/aromatic N) is 3. The van der Waals surface area contributed by atoms with Gasteiger partial charge in [0.2, 0.25) is 0 Å². The Hall–Kier alpha value is -1.69. The Kier molecular flexibility index (Phi) is 5.89. The normalized spacial score (nSPS) is 16.3. The van der Waals surface area contributed by atoms with Crippen molar-refractivity contribution in [3.63, 3.8) is 0 Å². The van der Waals surface area contributed by atoms with Gasteiger partial charge in [-0.2, -0.15) is 5.10 Å². The maximum absolute atomic E-state index is 5.81. The van der Waals surface area contributed by atoms with Gasteiger partial charge in [0.1, 0.15) is 0 Å². The molecule has 0 atom stereocenters. The number of hydrogen-bond acceptors (Lipinski definition) is 4. The molecule has 2 aromatic rings. The quantitative estimate of drug-likeness (QED) is 0.756. The van der Waals surface area contributed by atoms with Crippen LogP contribution in [0.5, 0.6) is 0 Å². The number of benzene rings is 1. The maximum Gasteiger partial charge on any atom is 0.0717 e. The molecule has 136 valence electrons. The summed E-state index contributed by atoms with van der Waals surface area (Å²) < 4.78 is 13.1. The van der Waals surface area contributed by atoms with E-state index in [0.29, 0.717) is 6.61 Å². The van der Waals surface area contributed by atoms with E-state index in [1.165, 1.54) is 5.56 Å². The van der Waals surface area contributed by atoms with Crippen LogP contribution in [0.2, 0.25) is 0 Å². The topological polar surface area (TPSA) is 39.5 Å². The van der Waals surface area contributed by atoms with E-state index < -0.39 is 0 Å². The lowest BCUT2D eigenvalue weighted by Gasteiger charge is -2.26. The molecule has 0 unspecified atom stereocenters. The summed E-state index contributed by atoms with van der Waals surface area (Å²) >= 11 is 0. The van der Waals surface area contributed by atoms with Gasteiger partial charge in [-0.1, -0.05) is 32.9 Å². The van der Waals surface area contributed by atoms with Gasteiger partial charge < -0.3 is 9.47 Å². The van der Waals surface area contributed by atoms with Crippen LogP contribution in [0.1, 0.15) is 32.0 Å². The zero-order valence-corrected chi connectivity index (χ0v) is 15.6. The highest BCUT2D eigenvalue weighted by Gasteiger charge is 2.17. The molecule has 5 nitrogen and oxygen atoms in total. The van der Waals surface area contributed by atoms with Gasteiger partial charge in [0.05, 0.1) is 37.8 Å². The molecule has 5 heteroatoms. The van der Waals surface area contributed by atoms with E-state index in [-0.39, 0.29) is 5.41 Å². The summed E-state index contributed by atoms with van der Waals surface area (Å²) in [7, 11) is 0. The molecule has 0 amide bonds. The number of hydrogen-bond donors (Lipinski definition) is 0. The second kappa shape index (κ2) is 8.13. The van der Waals surface area contributed by atoms with Crippen molar-refractivity contribution in [2.75, 3.05) is 39.5 Å². The first-order valence-corrected chi connectivity index (χ1v) is 9.06. The SMILES string of the molecule is CC(C)(C)c1ccn(-c2ccc(COCCN3CCOCC3)cc2)n1. The van der Waals surface area contributed by atoms with Crippen molar-refractivity contribution in [1.29, 1.82) is 0 Å². The van der Waals surface area contributed by atoms with Crippen molar-refractivity contribution in [3.8, 4) is 5.69 Å². The first-order valence-electron chi connectivity index (χ1n) is 9.06. The van der Waals surface area contributed by atoms with Crippen LogP contribution in [0.3, 0.4) is 0 Å². The minimum absolute atomic E-state index is 0.0690. The molecule has 0 spiro atoms. The lowest BCUT2D eigenvalue weighted by molar-refractivity contribution is 0.0180. The van der Waals surface area contributed by atoms with E-state index in [0.717, 1.165) is 50.8 Å². The van der Waals surface area contributed by atoms with Crippen LogP contribution in [0, 0.1) is 0 Å². The Morgan fingerprint density at radius 2 is 1.80 bits per heavy atom. The van der Waals surface area contributed by atoms with Crippen molar-refractivity contribution in [2.45, 2.75) is 32.8 Å². The molecular formula is C20H29N3O2. The fourth-order valence-electron chi connectivity index (χ4n) is 2.82. The molecule has 1 aromatic carbocycles. The highest BCUT2D eigenvalue weighted by Crippen LogP contribution is 2.21. The van der Waals surface area contributed by atoms with Crippen molar-refractivity contribution in [1.82, 2.24) is 14.7 Å². The monoisotopic (exact) mass is 343 g/mol. The number of aromatic nitrogens is 2. The largest absolute Gasteiger partial charge is 0.379 e. The van der Waals surface area contributed by atoms with Crippen LogP contribution in [-0.2, 0) is 21.5 Å². The van der Waals surface area contributed by atoms with Gasteiger partial charge in [-0.25, -0.2) is 4.68 Å². The van der Waals surface area contributed by atoms with Gasteiger partial charge >= 0.3 is 0 Å². The molecule has 1 fully saturated rings. The highest BCUT2D eigenvalue weighted by atomic mass is 16.5. The van der Waals surface area contributed by atoms with E-state index >= 15 is 0 Å². The van der Waals surface area contributed by atoms with Crippen molar-refractivity contribution >= 4 is 0 Å². The second-order valence-electron chi connectivity index (χ2n) is 7.57. The van der Waals surface area contributed by atoms with Crippen LogP contribution in [-0.4, -0.2) is 54.1 Å². The zero-order valence-electron chi connectivity index (χ0n) is 15.6. The van der Waals surface area contributed by atoms with Gasteiger partial charge in [0, 0.05) is 31.2 Å². The van der Waals surface area contributed by atoms with Crippen LogP contribution < -0.4 is 0 Å². The Morgan fingerprint density at radius 3 is 2.44 bits per heavy atom. The molecule has 2 heterocycles. The summed E-state index contributed by atoms with van der Waals surface area (Å²) in [6, 6.07) is 10.5. The molecule has 0 saturated carbocycles. The molecule has 3 rings (SSSR count). The molecule has 0 radical (unpaired) electrons. The summed E-state index contributed by atoms with van der Waals surface area (Å²) in [4.78, 5) is 2.39. The third kappa shape index (κ3) is 5.14. The first-order chi connectivity index (χ1) is 12.0. The fraction of sp³-hybridized carbons (Fsp3) is 0.550. The maximum atomic E-state index is 5.81. The summed E-state index contributed by atoms with van der Waals surface area (Å²) in [6.07, 6.45) is 2.02. The molecule has 1 aliphatic rings. The zero-order chi connectivity index (χ0) is 17.7. The third-order valence-electron chi connectivity index (χ3n) is 4.48. The first kappa shape index (κ1) is 18.1. The lowest BCUT2D eigenvalue weighted by Crippen LogP contribution is -2.38. The molecular weight excluding hydrogens is 314 g/mol. The highest BCUT2D eigenvalue weighted by molar-refractivity contribution is 5.34. The van der Waals surface area contributed by atoms with Crippen molar-refractivity contribution < 1.29 is 9.47 Å². The summed E-state index contributed by atoms with van der Waals surface area (Å²) in [5.74, 6) is 0. The van der Waals surface area contributed by atoms with Crippen LogP contribution >= 0.6 is 0 Å². The smallest absolute Gasteiger partial charge is 0.0717 e. The molecule has 0 aliphatic carbocycles. The van der Waals surface area contributed by atoms with Crippen LogP contribution in [0.15, 0.2) is 36.5 Å². The second-order valence-corrected chi connectivity index (χ2v) is 7.57. The molecule has 1 saturated heterocycles. The Morgan fingerprint density at radius 1 is 1.08 bits per heavy atom. The number of rotatable bonds is 6. The van der Waals surface area contributed by atoms with Gasteiger partial charge in [0.15, 0.2) is 0 Å². The van der Waals surface area contributed by atoms with Gasteiger partial charge in [-0.3, -0.25) is 4.90 Å². The molecule has 1 aliphatic heterocycles. The van der Waals surface area contributed by atoms with E-state index in [9.17, 15) is 0 Å². The van der Waals surface area contributed by atoms with Gasteiger partial charge in [-0.05, 0) is 23.8 Å². The summed E-state index contributed by atoms with van der Waals surface area (Å²) in [5, 5.41) is 4.68. The predicted octanol–water partition coefficient (Wildman–Crippen LogP) is 3.02. The van der Waals surface area contributed by atoms with Crippen molar-refractivity contribution in [2.24, 2.45) is 0 Å². The van der Waals surface area contributed by atoms with E-state index in [2.05, 4.69) is 61.1 Å². The molecule has 0 bridgehead atoms. The standard InChI is InChI=1S/C20H29N3O2/c1-20(2,3)19-8-9-23(21-19)18-6-4-17(5-7-18)16-25-15-12-22-10-13-24-14-11-22/h4-9H,10-16H2,1-3H3. The lowest BCUT2D eigenvalue weighted by atomic mass is 9.93. The Balaban J connectivity index is 1.48. The minimum atomic E-state index is 0.0690. The Bertz CT molecular complexity index is 652. The van der Waals surface area contributed by atoms with E-state index in [1.807, 2.05) is 10.9 Å². The molecule has 25 heavy (non-hydrogen) atoms. The van der Waals surface area contributed by atoms with Crippen LogP contribution in [0.4, 0.5) is 0 Å². The van der Waals surface area contributed by atoms with Gasteiger partial charge in [0.25, 0.3) is 0 Å². The third-order valence-corrected chi connectivity index (χ3v) is 4.48. The number of morpholine rings is 1. The molecule has 0 N–H and O–H groups in total. The van der Waals surface area contributed by atoms with Crippen LogP contribution in [0.25, 0.3) is 5.69 Å². The van der Waals surface area contributed by atoms with E-state index in [4.69, 9.17) is 9.47 Å².